The lowest BCUT2D eigenvalue weighted by atomic mass is 9.99. The van der Waals surface area contributed by atoms with E-state index in [1.165, 1.54) is 15.6 Å². The second kappa shape index (κ2) is 9.89. The predicted molar refractivity (Wildman–Crippen MR) is 132 cm³/mol. The molecule has 4 rings (SSSR count). The molecule has 1 aromatic heterocycles. The van der Waals surface area contributed by atoms with E-state index < -0.39 is 15.9 Å². The van der Waals surface area contributed by atoms with Crippen molar-refractivity contribution in [3.05, 3.63) is 46.8 Å². The number of fused-ring (bicyclic) bond motifs is 1. The van der Waals surface area contributed by atoms with Gasteiger partial charge < -0.3 is 14.0 Å². The third kappa shape index (κ3) is 4.49. The average Bonchev–Trinajstić information content (AvgIpc) is 3.21. The van der Waals surface area contributed by atoms with Crippen molar-refractivity contribution in [1.29, 1.82) is 0 Å². The van der Waals surface area contributed by atoms with E-state index in [1.54, 1.807) is 38.5 Å². The normalized spacial score (nSPS) is 17.8. The summed E-state index contributed by atoms with van der Waals surface area (Å²) in [4.78, 5) is 18.5. The van der Waals surface area contributed by atoms with Crippen LogP contribution in [-0.4, -0.2) is 50.5 Å². The molecule has 0 bridgehead atoms. The van der Waals surface area contributed by atoms with Gasteiger partial charge in [-0.25, -0.2) is 8.42 Å². The van der Waals surface area contributed by atoms with Crippen molar-refractivity contribution in [3.63, 3.8) is 0 Å². The van der Waals surface area contributed by atoms with Crippen molar-refractivity contribution < 1.29 is 22.7 Å². The number of methoxy groups -OCH3 is 2. The number of aromatic nitrogens is 1. The van der Waals surface area contributed by atoms with Gasteiger partial charge in [-0.15, -0.1) is 0 Å². The number of hydrogen-bond donors (Lipinski definition) is 0. The first-order valence-corrected chi connectivity index (χ1v) is 13.5. The molecular formula is C24H29N3O5S2. The van der Waals surface area contributed by atoms with E-state index in [0.29, 0.717) is 42.2 Å². The van der Waals surface area contributed by atoms with E-state index in [-0.39, 0.29) is 17.3 Å². The van der Waals surface area contributed by atoms with Crippen molar-refractivity contribution in [2.45, 2.75) is 38.1 Å². The predicted octanol–water partition coefficient (Wildman–Crippen LogP) is 3.58. The molecule has 0 radical (unpaired) electrons. The van der Waals surface area contributed by atoms with Gasteiger partial charge in [0.05, 0.1) is 25.0 Å². The molecule has 1 aliphatic rings. The summed E-state index contributed by atoms with van der Waals surface area (Å²) < 4.78 is 41.5. The van der Waals surface area contributed by atoms with Crippen LogP contribution in [-0.2, 0) is 21.4 Å². The van der Waals surface area contributed by atoms with Crippen LogP contribution in [0.5, 0.6) is 11.5 Å². The van der Waals surface area contributed by atoms with Crippen LogP contribution in [0.25, 0.3) is 10.2 Å². The second-order valence-corrected chi connectivity index (χ2v) is 11.2. The number of hydrogen-bond acceptors (Lipinski definition) is 6. The number of carbonyl (C=O) groups is 1. The van der Waals surface area contributed by atoms with Crippen LogP contribution >= 0.6 is 11.3 Å². The molecule has 0 N–H and O–H groups in total. The Morgan fingerprint density at radius 2 is 1.79 bits per heavy atom. The third-order valence-corrected chi connectivity index (χ3v) is 9.08. The molecular weight excluding hydrogens is 474 g/mol. The number of ether oxygens (including phenoxy) is 2. The van der Waals surface area contributed by atoms with Crippen LogP contribution in [0.2, 0.25) is 0 Å². The molecule has 10 heteroatoms. The van der Waals surface area contributed by atoms with Gasteiger partial charge in [-0.3, -0.25) is 4.79 Å². The van der Waals surface area contributed by atoms with Crippen LogP contribution in [0.15, 0.2) is 46.3 Å². The fourth-order valence-electron chi connectivity index (χ4n) is 4.24. The molecule has 34 heavy (non-hydrogen) atoms. The Morgan fingerprint density at radius 3 is 2.44 bits per heavy atom. The summed E-state index contributed by atoms with van der Waals surface area (Å²) in [5.74, 6) is 0.560. The number of amides is 1. The summed E-state index contributed by atoms with van der Waals surface area (Å²) in [6, 6.07) is 10.5. The van der Waals surface area contributed by atoms with Crippen molar-refractivity contribution in [2.24, 2.45) is 10.9 Å². The Labute approximate surface area is 203 Å². The Bertz CT molecular complexity index is 1370. The molecule has 1 aliphatic heterocycles. The van der Waals surface area contributed by atoms with Gasteiger partial charge in [0, 0.05) is 19.6 Å². The Morgan fingerprint density at radius 1 is 1.12 bits per heavy atom. The van der Waals surface area contributed by atoms with E-state index in [4.69, 9.17) is 9.47 Å². The lowest BCUT2D eigenvalue weighted by Crippen LogP contribution is -2.42. The van der Waals surface area contributed by atoms with Crippen molar-refractivity contribution >= 4 is 37.5 Å². The maximum Gasteiger partial charge on any atom is 0.252 e. The zero-order chi connectivity index (χ0) is 24.5. The largest absolute Gasteiger partial charge is 0.495 e. The maximum atomic E-state index is 13.2. The lowest BCUT2D eigenvalue weighted by molar-refractivity contribution is -0.122. The van der Waals surface area contributed by atoms with Crippen molar-refractivity contribution in [3.8, 4) is 11.5 Å². The van der Waals surface area contributed by atoms with Crippen LogP contribution < -0.4 is 14.3 Å². The number of benzene rings is 2. The molecule has 182 valence electrons. The summed E-state index contributed by atoms with van der Waals surface area (Å²) in [5.41, 5.74) is 1.82. The smallest absolute Gasteiger partial charge is 0.252 e. The molecule has 1 saturated heterocycles. The summed E-state index contributed by atoms with van der Waals surface area (Å²) in [6.07, 6.45) is 1.21. The van der Waals surface area contributed by atoms with Gasteiger partial charge in [-0.2, -0.15) is 9.30 Å². The van der Waals surface area contributed by atoms with E-state index in [0.717, 1.165) is 15.8 Å². The number of piperidine rings is 1. The van der Waals surface area contributed by atoms with Crippen molar-refractivity contribution in [1.82, 2.24) is 8.87 Å². The molecule has 1 fully saturated rings. The fraction of sp³-hybridized carbons (Fsp3) is 0.417. The number of thiazole rings is 1. The van der Waals surface area contributed by atoms with Gasteiger partial charge in [-0.05, 0) is 51.0 Å². The third-order valence-electron chi connectivity index (χ3n) is 6.11. The molecule has 0 spiro atoms. The first-order chi connectivity index (χ1) is 16.3. The van der Waals surface area contributed by atoms with Crippen LogP contribution in [0.3, 0.4) is 0 Å². The summed E-state index contributed by atoms with van der Waals surface area (Å²) in [5, 5.41) is 0. The Balaban J connectivity index is 1.67. The average molecular weight is 504 g/mol. The number of carbonyl (C=O) groups excluding carboxylic acids is 1. The van der Waals surface area contributed by atoms with E-state index in [9.17, 15) is 13.2 Å². The first kappa shape index (κ1) is 24.4. The molecule has 3 aromatic rings. The van der Waals surface area contributed by atoms with E-state index >= 15 is 0 Å². The van der Waals surface area contributed by atoms with Gasteiger partial charge in [0.15, 0.2) is 4.80 Å². The Kier molecular flexibility index (Phi) is 7.11. The van der Waals surface area contributed by atoms with Crippen LogP contribution in [0.1, 0.15) is 25.3 Å². The summed E-state index contributed by atoms with van der Waals surface area (Å²) >= 11 is 1.36. The molecule has 0 aliphatic carbocycles. The molecule has 8 nitrogen and oxygen atoms in total. The van der Waals surface area contributed by atoms with Gasteiger partial charge in [0.25, 0.3) is 5.91 Å². The molecule has 1 unspecified atom stereocenters. The minimum Gasteiger partial charge on any atom is -0.495 e. The zero-order valence-electron chi connectivity index (χ0n) is 19.8. The highest BCUT2D eigenvalue weighted by molar-refractivity contribution is 7.89. The number of rotatable bonds is 6. The highest BCUT2D eigenvalue weighted by atomic mass is 32.2. The lowest BCUT2D eigenvalue weighted by Gasteiger charge is -2.30. The van der Waals surface area contributed by atoms with Gasteiger partial charge in [0.1, 0.15) is 21.7 Å². The SMILES string of the molecule is CCn1c(=NC(=O)C2CCCN(S(=O)(=O)c3ccc(C)cc3)C2)sc2c(OC)ccc(OC)c21. The Hall–Kier alpha value is -2.69. The van der Waals surface area contributed by atoms with Crippen LogP contribution in [0, 0.1) is 12.8 Å². The molecule has 2 aromatic carbocycles. The highest BCUT2D eigenvalue weighted by Gasteiger charge is 2.33. The molecule has 1 atom stereocenters. The molecule has 0 saturated carbocycles. The zero-order valence-corrected chi connectivity index (χ0v) is 21.4. The van der Waals surface area contributed by atoms with Gasteiger partial charge >= 0.3 is 0 Å². The van der Waals surface area contributed by atoms with Crippen molar-refractivity contribution in [2.75, 3.05) is 27.3 Å². The molecule has 2 heterocycles. The summed E-state index contributed by atoms with van der Waals surface area (Å²) in [7, 11) is -0.461. The van der Waals surface area contributed by atoms with E-state index in [1.807, 2.05) is 30.5 Å². The number of nitrogens with zero attached hydrogens (tertiary/aromatic N) is 3. The topological polar surface area (TPSA) is 90.2 Å². The maximum absolute atomic E-state index is 13.2. The quantitative estimate of drug-likeness (QED) is 0.513. The molecule has 1 amide bonds. The van der Waals surface area contributed by atoms with Gasteiger partial charge in [0.2, 0.25) is 10.0 Å². The minimum atomic E-state index is -3.67. The van der Waals surface area contributed by atoms with E-state index in [2.05, 4.69) is 4.99 Å². The monoisotopic (exact) mass is 503 g/mol. The standard InChI is InChI=1S/C24H29N3O5S2/c1-5-27-21-19(31-3)12-13-20(32-4)22(21)33-24(27)25-23(28)17-7-6-14-26(15-17)34(29,30)18-10-8-16(2)9-11-18/h8-13,17H,5-7,14-15H2,1-4H3. The second-order valence-electron chi connectivity index (χ2n) is 8.24. The fourth-order valence-corrected chi connectivity index (χ4v) is 6.97. The minimum absolute atomic E-state index is 0.127. The van der Waals surface area contributed by atoms with Crippen LogP contribution in [0.4, 0.5) is 0 Å². The highest BCUT2D eigenvalue weighted by Crippen LogP contribution is 2.35. The summed E-state index contributed by atoms with van der Waals surface area (Å²) in [6.45, 7) is 5.00. The number of aryl methyl sites for hydroxylation is 2. The number of sulfonamides is 1. The first-order valence-electron chi connectivity index (χ1n) is 11.2. The van der Waals surface area contributed by atoms with Gasteiger partial charge in [-0.1, -0.05) is 29.0 Å².